The normalized spacial score (nSPS) is 5.00. The molecule has 0 N–H and O–H groups in total. The number of hydrogen-bond acceptors (Lipinski definition) is 0. The molecule has 0 fully saturated rings. The molecule has 0 rings (SSSR count). The molecule has 0 aromatic heterocycles. The minimum absolute atomic E-state index is 0. The van der Waals surface area contributed by atoms with E-state index < -0.39 is 0 Å². The van der Waals surface area contributed by atoms with E-state index >= 15 is 0 Å². The molecule has 0 aliphatic carbocycles. The maximum Gasteiger partial charge on any atom is 0.199 e. The third-order valence-electron chi connectivity index (χ3n) is 0. The molecule has 0 aromatic rings. The van der Waals surface area contributed by atoms with E-state index in [1.165, 1.54) is 0 Å². The van der Waals surface area contributed by atoms with Crippen LogP contribution in [0.2, 0.25) is 0 Å². The van der Waals surface area contributed by atoms with Gasteiger partial charge in [0.05, 0.1) is 0 Å². The molecular formula is H7AlFeSi2. The molecule has 0 atom stereocenters. The molecule has 0 nitrogen and oxygen atoms in total. The van der Waals surface area contributed by atoms with Gasteiger partial charge in [-0.2, -0.15) is 0 Å². The van der Waals surface area contributed by atoms with Crippen LogP contribution in [-0.2, 0) is 17.1 Å². The predicted octanol–water partition coefficient (Wildman–Crippen LogP) is -3.02. The van der Waals surface area contributed by atoms with Gasteiger partial charge >= 0.3 is 0 Å². The van der Waals surface area contributed by atoms with Gasteiger partial charge in [0.2, 0.25) is 0 Å². The van der Waals surface area contributed by atoms with E-state index in [9.17, 15) is 0 Å². The first-order chi connectivity index (χ1) is 1.41. The van der Waals surface area contributed by atoms with Gasteiger partial charge in [0.15, 0.2) is 13.9 Å². The summed E-state index contributed by atoms with van der Waals surface area (Å²) in [6, 6.07) is 0. The zero-order valence-electron chi connectivity index (χ0n) is 3.06. The fraction of sp³-hybridized carbons (Fsp3) is 0. The second-order valence-electron chi connectivity index (χ2n) is 0.707. The average molecular weight is 146 g/mol. The molecule has 0 bridgehead atoms. The van der Waals surface area contributed by atoms with Crippen LogP contribution in [0.5, 0.6) is 0 Å². The van der Waals surface area contributed by atoms with Crippen LogP contribution >= 0.6 is 0 Å². The van der Waals surface area contributed by atoms with Crippen molar-refractivity contribution in [2.75, 3.05) is 0 Å². The zero-order chi connectivity index (χ0) is 2.71. The minimum atomic E-state index is 0. The van der Waals surface area contributed by atoms with Crippen LogP contribution in [0.4, 0.5) is 0 Å². The van der Waals surface area contributed by atoms with E-state index in [4.69, 9.17) is 0 Å². The van der Waals surface area contributed by atoms with Gasteiger partial charge < -0.3 is 0 Å². The summed E-state index contributed by atoms with van der Waals surface area (Å²) in [7, 11) is 3.14. The summed E-state index contributed by atoms with van der Waals surface area (Å²) in [5, 5.41) is 0. The third-order valence-corrected chi connectivity index (χ3v) is 0. The van der Waals surface area contributed by atoms with Crippen molar-refractivity contribution in [2.24, 2.45) is 0 Å². The zero-order valence-corrected chi connectivity index (χ0v) is 9.58. The summed E-state index contributed by atoms with van der Waals surface area (Å²) < 4.78 is 0. The quantitative estimate of drug-likeness (QED) is 0.319. The van der Waals surface area contributed by atoms with Crippen LogP contribution < -0.4 is 0 Å². The van der Waals surface area contributed by atoms with Gasteiger partial charge in [-0.3, -0.25) is 0 Å². The number of rotatable bonds is 0. The second-order valence-corrected chi connectivity index (χ2v) is 19.1. The van der Waals surface area contributed by atoms with E-state index in [1.54, 1.807) is 17.6 Å². The van der Waals surface area contributed by atoms with Crippen LogP contribution in [0.3, 0.4) is 0 Å². The third kappa shape index (κ3) is 9.76. The summed E-state index contributed by atoms with van der Waals surface area (Å²) in [4.78, 5) is 0. The topological polar surface area (TPSA) is 0 Å². The smallest absolute Gasteiger partial charge is 0.0495 e. The molecule has 4 heteroatoms. The van der Waals surface area contributed by atoms with E-state index in [-0.39, 0.29) is 17.1 Å². The Bertz CT molecular complexity index is 6.00. The SMILES string of the molecule is [Fe].[SiH3][AlH][SiH3]. The molecule has 0 aromatic carbocycles. The fourth-order valence-corrected chi connectivity index (χ4v) is 0. The van der Waals surface area contributed by atoms with Gasteiger partial charge in [-0.05, 0) is 17.6 Å². The van der Waals surface area contributed by atoms with Crippen LogP contribution in [0.1, 0.15) is 0 Å². The Morgan fingerprint density at radius 3 is 1.25 bits per heavy atom. The Labute approximate surface area is 48.6 Å². The first-order valence-corrected chi connectivity index (χ1v) is 12.7. The van der Waals surface area contributed by atoms with Crippen molar-refractivity contribution in [3.63, 3.8) is 0 Å². The van der Waals surface area contributed by atoms with E-state index in [0.717, 1.165) is 0 Å². The van der Waals surface area contributed by atoms with Crippen LogP contribution in [0.15, 0.2) is 0 Å². The van der Waals surface area contributed by atoms with Gasteiger partial charge in [-0.15, -0.1) is 0 Å². The molecule has 0 amide bonds. The van der Waals surface area contributed by atoms with Gasteiger partial charge in [-0.25, -0.2) is 0 Å². The maximum atomic E-state index is 1.57. The van der Waals surface area contributed by atoms with Crippen molar-refractivity contribution < 1.29 is 17.1 Å². The molecule has 0 saturated heterocycles. The Morgan fingerprint density at radius 1 is 1.25 bits per heavy atom. The Morgan fingerprint density at radius 2 is 1.25 bits per heavy atom. The molecule has 0 spiro atoms. The summed E-state index contributed by atoms with van der Waals surface area (Å²) in [6.45, 7) is 0. The molecule has 0 unspecified atom stereocenters. The summed E-state index contributed by atoms with van der Waals surface area (Å²) in [5.41, 5.74) is 0. The van der Waals surface area contributed by atoms with Crippen LogP contribution in [0, 0.1) is 0 Å². The largest absolute Gasteiger partial charge is 0.199 e. The molecular weight excluding hydrogens is 139 g/mol. The van der Waals surface area contributed by atoms with Crippen LogP contribution in [0.25, 0.3) is 0 Å². The summed E-state index contributed by atoms with van der Waals surface area (Å²) in [5.74, 6) is 0. The molecule has 4 heavy (non-hydrogen) atoms. The standard InChI is InChI=1S/Al.Fe.2H3Si.H/h;;2*1H3;. The molecule has 26 valence electrons. The van der Waals surface area contributed by atoms with Gasteiger partial charge in [-0.1, -0.05) is 0 Å². The van der Waals surface area contributed by atoms with Gasteiger partial charge in [0, 0.05) is 17.1 Å². The Hall–Kier alpha value is 1.49. The van der Waals surface area contributed by atoms with E-state index in [0.29, 0.717) is 13.9 Å². The Kier molecular flexibility index (Phi) is 20.0. The van der Waals surface area contributed by atoms with E-state index in [2.05, 4.69) is 0 Å². The van der Waals surface area contributed by atoms with E-state index in [1.807, 2.05) is 0 Å². The first kappa shape index (κ1) is 9.08. The molecule has 0 aliphatic rings. The molecule has 0 saturated carbocycles. The van der Waals surface area contributed by atoms with Crippen molar-refractivity contribution in [3.05, 3.63) is 0 Å². The average Bonchev–Trinajstić information content (AvgIpc) is 0.918. The summed E-state index contributed by atoms with van der Waals surface area (Å²) >= 11 is 0.694. The molecule has 0 heterocycles. The second kappa shape index (κ2) is 8.82. The predicted molar refractivity (Wildman–Crippen MR) is 27.0 cm³/mol. The van der Waals surface area contributed by atoms with Gasteiger partial charge in [0.25, 0.3) is 0 Å². The van der Waals surface area contributed by atoms with Gasteiger partial charge in [0.1, 0.15) is 0 Å². The minimum Gasteiger partial charge on any atom is -0.0495 e. The monoisotopic (exact) mass is 146 g/mol. The van der Waals surface area contributed by atoms with Crippen molar-refractivity contribution in [2.45, 2.75) is 0 Å². The molecule has 0 aliphatic heterocycles. The molecule has 0 radical (unpaired) electrons. The van der Waals surface area contributed by atoms with Crippen molar-refractivity contribution in [3.8, 4) is 0 Å². The first-order valence-electron chi connectivity index (χ1n) is 1.41. The van der Waals surface area contributed by atoms with Crippen LogP contribution in [-0.4, -0.2) is 31.5 Å². The Balaban J connectivity index is 0. The fourth-order valence-electron chi connectivity index (χ4n) is 0. The van der Waals surface area contributed by atoms with Crippen molar-refractivity contribution in [1.29, 1.82) is 0 Å². The summed E-state index contributed by atoms with van der Waals surface area (Å²) in [6.07, 6.45) is 0. The maximum absolute atomic E-state index is 1.57. The number of hydrogen-bond donors (Lipinski definition) is 0. The van der Waals surface area contributed by atoms with Crippen molar-refractivity contribution >= 4 is 31.5 Å². The van der Waals surface area contributed by atoms with Crippen molar-refractivity contribution in [1.82, 2.24) is 0 Å².